The molecule has 1 heterocycles. The van der Waals surface area contributed by atoms with Gasteiger partial charge in [0.25, 0.3) is 15.9 Å². The normalized spacial score (nSPS) is 11.0. The van der Waals surface area contributed by atoms with Crippen molar-refractivity contribution in [3.8, 4) is 11.6 Å². The minimum absolute atomic E-state index is 0.194. The van der Waals surface area contributed by atoms with Crippen LogP contribution in [0.4, 0.5) is 5.69 Å². The molecule has 2 aromatic carbocycles. The number of pyridine rings is 1. The molecule has 0 radical (unpaired) electrons. The number of nitrogens with zero attached hydrogens (tertiary/aromatic N) is 1. The van der Waals surface area contributed by atoms with E-state index in [0.29, 0.717) is 29.4 Å². The van der Waals surface area contributed by atoms with Crippen molar-refractivity contribution in [3.63, 3.8) is 0 Å². The molecule has 2 N–H and O–H groups in total. The monoisotopic (exact) mass is 411 g/mol. The molecule has 0 saturated heterocycles. The number of hydrogen-bond donors (Lipinski definition) is 2. The van der Waals surface area contributed by atoms with E-state index in [1.54, 1.807) is 60.7 Å². The molecule has 0 bridgehead atoms. The average Bonchev–Trinajstić information content (AvgIpc) is 2.70. The van der Waals surface area contributed by atoms with Crippen LogP contribution in [0.1, 0.15) is 22.8 Å². The van der Waals surface area contributed by atoms with Crippen LogP contribution in [0.5, 0.6) is 11.6 Å². The summed E-state index contributed by atoms with van der Waals surface area (Å²) in [6.45, 7) is 4.27. The lowest BCUT2D eigenvalue weighted by Crippen LogP contribution is -2.22. The molecule has 1 aromatic heterocycles. The quantitative estimate of drug-likeness (QED) is 0.617. The second kappa shape index (κ2) is 8.74. The highest BCUT2D eigenvalue weighted by atomic mass is 32.2. The first-order valence-corrected chi connectivity index (χ1v) is 10.5. The molecular weight excluding hydrogens is 390 g/mol. The van der Waals surface area contributed by atoms with Gasteiger partial charge in [0.1, 0.15) is 5.75 Å². The van der Waals surface area contributed by atoms with Crippen LogP contribution >= 0.6 is 0 Å². The van der Waals surface area contributed by atoms with E-state index in [1.807, 2.05) is 13.8 Å². The summed E-state index contributed by atoms with van der Waals surface area (Å²) in [6, 6.07) is 16.3. The summed E-state index contributed by atoms with van der Waals surface area (Å²) in [5.41, 5.74) is 1.84. The van der Waals surface area contributed by atoms with Gasteiger partial charge in [-0.3, -0.25) is 9.52 Å². The summed E-state index contributed by atoms with van der Waals surface area (Å²) in [7, 11) is -3.66. The fraction of sp³-hybridized carbons (Fsp3) is 0.143. The minimum Gasteiger partial charge on any atom is -0.439 e. The molecule has 8 heteroatoms. The van der Waals surface area contributed by atoms with Gasteiger partial charge >= 0.3 is 0 Å². The molecule has 0 spiro atoms. The van der Waals surface area contributed by atoms with E-state index in [0.717, 1.165) is 5.56 Å². The van der Waals surface area contributed by atoms with Gasteiger partial charge in [-0.25, -0.2) is 13.4 Å². The van der Waals surface area contributed by atoms with Crippen LogP contribution in [-0.4, -0.2) is 25.9 Å². The molecule has 0 unspecified atom stereocenters. The Balaban J connectivity index is 1.65. The van der Waals surface area contributed by atoms with Crippen LogP contribution < -0.4 is 14.8 Å². The van der Waals surface area contributed by atoms with Gasteiger partial charge in [-0.1, -0.05) is 17.7 Å². The second-order valence-corrected chi connectivity index (χ2v) is 7.97. The number of nitrogens with one attached hydrogen (secondary N) is 2. The molecule has 0 aliphatic heterocycles. The van der Waals surface area contributed by atoms with E-state index >= 15 is 0 Å². The number of benzene rings is 2. The first-order valence-electron chi connectivity index (χ1n) is 8.99. The summed E-state index contributed by atoms with van der Waals surface area (Å²) in [5, 5.41) is 2.69. The topological polar surface area (TPSA) is 97.4 Å². The zero-order chi connectivity index (χ0) is 20.9. The number of anilines is 1. The molecule has 1 amide bonds. The maximum absolute atomic E-state index is 12.4. The highest BCUT2D eigenvalue weighted by Crippen LogP contribution is 2.23. The van der Waals surface area contributed by atoms with Crippen molar-refractivity contribution < 1.29 is 17.9 Å². The third-order valence-electron chi connectivity index (χ3n) is 4.00. The zero-order valence-electron chi connectivity index (χ0n) is 16.0. The summed E-state index contributed by atoms with van der Waals surface area (Å²) in [4.78, 5) is 16.0. The van der Waals surface area contributed by atoms with Crippen LogP contribution in [-0.2, 0) is 10.0 Å². The van der Waals surface area contributed by atoms with Crippen molar-refractivity contribution in [3.05, 3.63) is 78.0 Å². The Hall–Kier alpha value is -3.39. The summed E-state index contributed by atoms with van der Waals surface area (Å²) < 4.78 is 33.0. The number of amides is 1. The van der Waals surface area contributed by atoms with Crippen molar-refractivity contribution in [2.45, 2.75) is 18.7 Å². The number of carbonyl (C=O) groups excluding carboxylic acids is 1. The third kappa shape index (κ3) is 5.32. The predicted octanol–water partition coefficient (Wildman–Crippen LogP) is 3.73. The van der Waals surface area contributed by atoms with Gasteiger partial charge in [-0.05, 0) is 56.3 Å². The van der Waals surface area contributed by atoms with Crippen molar-refractivity contribution in [1.82, 2.24) is 10.3 Å². The minimum atomic E-state index is -3.66. The van der Waals surface area contributed by atoms with E-state index in [1.165, 1.54) is 6.20 Å². The van der Waals surface area contributed by atoms with E-state index in [-0.39, 0.29) is 10.8 Å². The maximum atomic E-state index is 12.4. The lowest BCUT2D eigenvalue weighted by Gasteiger charge is -2.10. The fourth-order valence-electron chi connectivity index (χ4n) is 2.48. The van der Waals surface area contributed by atoms with E-state index in [2.05, 4.69) is 15.0 Å². The van der Waals surface area contributed by atoms with Crippen LogP contribution in [0, 0.1) is 6.92 Å². The number of carbonyl (C=O) groups is 1. The lowest BCUT2D eigenvalue weighted by molar-refractivity contribution is 0.0955. The van der Waals surface area contributed by atoms with E-state index in [9.17, 15) is 13.2 Å². The van der Waals surface area contributed by atoms with Crippen LogP contribution in [0.2, 0.25) is 0 Å². The van der Waals surface area contributed by atoms with Crippen LogP contribution in [0.25, 0.3) is 0 Å². The smallest absolute Gasteiger partial charge is 0.261 e. The number of sulfonamides is 1. The molecule has 150 valence electrons. The lowest BCUT2D eigenvalue weighted by atomic mass is 10.2. The predicted molar refractivity (Wildman–Crippen MR) is 111 cm³/mol. The Morgan fingerprint density at radius 3 is 2.28 bits per heavy atom. The highest BCUT2D eigenvalue weighted by Gasteiger charge is 2.14. The fourth-order valence-corrected chi connectivity index (χ4v) is 3.54. The molecular formula is C21H21N3O4S. The van der Waals surface area contributed by atoms with E-state index in [4.69, 9.17) is 4.74 Å². The molecule has 0 aliphatic rings. The molecule has 0 fully saturated rings. The van der Waals surface area contributed by atoms with Gasteiger partial charge in [0, 0.05) is 24.5 Å². The molecule has 0 aliphatic carbocycles. The Bertz CT molecular complexity index is 1080. The summed E-state index contributed by atoms with van der Waals surface area (Å²) in [5.74, 6) is 0.615. The van der Waals surface area contributed by atoms with Gasteiger partial charge in [-0.15, -0.1) is 0 Å². The Kier molecular flexibility index (Phi) is 6.13. The third-order valence-corrected chi connectivity index (χ3v) is 5.39. The Morgan fingerprint density at radius 2 is 1.69 bits per heavy atom. The average molecular weight is 411 g/mol. The molecule has 0 atom stereocenters. The maximum Gasteiger partial charge on any atom is 0.261 e. The zero-order valence-corrected chi connectivity index (χ0v) is 16.9. The first kappa shape index (κ1) is 20.3. The highest BCUT2D eigenvalue weighted by molar-refractivity contribution is 7.92. The van der Waals surface area contributed by atoms with Gasteiger partial charge in [-0.2, -0.15) is 0 Å². The molecule has 3 rings (SSSR count). The molecule has 3 aromatic rings. The number of aryl methyl sites for hydroxylation is 1. The first-order chi connectivity index (χ1) is 13.9. The second-order valence-electron chi connectivity index (χ2n) is 6.29. The van der Waals surface area contributed by atoms with Gasteiger partial charge in [0.15, 0.2) is 0 Å². The number of rotatable bonds is 7. The van der Waals surface area contributed by atoms with Gasteiger partial charge in [0.05, 0.1) is 10.5 Å². The van der Waals surface area contributed by atoms with Crippen molar-refractivity contribution in [1.29, 1.82) is 0 Å². The van der Waals surface area contributed by atoms with Crippen LogP contribution in [0.15, 0.2) is 71.8 Å². The molecule has 29 heavy (non-hydrogen) atoms. The van der Waals surface area contributed by atoms with Crippen LogP contribution in [0.3, 0.4) is 0 Å². The molecule has 0 saturated carbocycles. The number of ether oxygens (including phenoxy) is 1. The largest absolute Gasteiger partial charge is 0.439 e. The van der Waals surface area contributed by atoms with Gasteiger partial charge < -0.3 is 10.1 Å². The number of hydrogen-bond acceptors (Lipinski definition) is 5. The summed E-state index contributed by atoms with van der Waals surface area (Å²) in [6.07, 6.45) is 1.43. The van der Waals surface area contributed by atoms with E-state index < -0.39 is 10.0 Å². The van der Waals surface area contributed by atoms with Crippen molar-refractivity contribution >= 4 is 21.6 Å². The summed E-state index contributed by atoms with van der Waals surface area (Å²) >= 11 is 0. The van der Waals surface area contributed by atoms with Crippen molar-refractivity contribution in [2.75, 3.05) is 11.3 Å². The Morgan fingerprint density at radius 1 is 1.00 bits per heavy atom. The number of aromatic nitrogens is 1. The Labute approximate surface area is 169 Å². The SMILES string of the molecule is CCNC(=O)c1ccc(Oc2ccc(NS(=O)(=O)c3ccc(C)cc3)cc2)nc1. The standard InChI is InChI=1S/C21H21N3O4S/c1-3-22-21(25)16-6-13-20(23-14-16)28-18-9-7-17(8-10-18)24-29(26,27)19-11-4-15(2)5-12-19/h4-14,24H,3H2,1-2H3,(H,22,25). The van der Waals surface area contributed by atoms with Crippen molar-refractivity contribution in [2.24, 2.45) is 0 Å². The molecule has 7 nitrogen and oxygen atoms in total. The van der Waals surface area contributed by atoms with Gasteiger partial charge in [0.2, 0.25) is 5.88 Å².